The van der Waals surface area contributed by atoms with E-state index in [-0.39, 0.29) is 28.7 Å². The van der Waals surface area contributed by atoms with E-state index in [0.29, 0.717) is 0 Å². The van der Waals surface area contributed by atoms with Crippen molar-refractivity contribution in [3.63, 3.8) is 0 Å². The summed E-state index contributed by atoms with van der Waals surface area (Å²) in [4.78, 5) is 40.1. The largest absolute Gasteiger partial charge is 0.478 e. The Morgan fingerprint density at radius 1 is 1.60 bits per heavy atom. The fourth-order valence-corrected chi connectivity index (χ4v) is 2.42. The molecule has 1 aromatic rings. The highest BCUT2D eigenvalue weighted by Gasteiger charge is 2.22. The highest BCUT2D eigenvalue weighted by atomic mass is 32.2. The van der Waals surface area contributed by atoms with E-state index in [0.717, 1.165) is 11.8 Å². The SMILES string of the molecule is C#CCNC(=O)C(C)Sc1nc(=O)[nH]c(C)c1C(=O)O. The molecule has 0 bridgehead atoms. The van der Waals surface area contributed by atoms with Gasteiger partial charge in [0.05, 0.1) is 11.8 Å². The molecule has 0 fully saturated rings. The molecule has 1 aromatic heterocycles. The molecule has 0 aliphatic heterocycles. The number of terminal acetylenes is 1. The number of H-pyrrole nitrogens is 1. The van der Waals surface area contributed by atoms with E-state index < -0.39 is 16.9 Å². The number of aromatic carboxylic acids is 1. The van der Waals surface area contributed by atoms with Gasteiger partial charge in [-0.25, -0.2) is 9.59 Å². The Morgan fingerprint density at radius 3 is 2.80 bits per heavy atom. The maximum atomic E-state index is 11.7. The number of aromatic amines is 1. The molecule has 1 unspecified atom stereocenters. The predicted molar refractivity (Wildman–Crippen MR) is 73.7 cm³/mol. The van der Waals surface area contributed by atoms with Crippen LogP contribution in [0.15, 0.2) is 9.82 Å². The van der Waals surface area contributed by atoms with Gasteiger partial charge in [0.15, 0.2) is 0 Å². The average Bonchev–Trinajstić information content (AvgIpc) is 2.34. The number of nitrogens with zero attached hydrogens (tertiary/aromatic N) is 1. The number of hydrogen-bond acceptors (Lipinski definition) is 5. The van der Waals surface area contributed by atoms with Gasteiger partial charge in [-0.2, -0.15) is 4.98 Å². The molecule has 20 heavy (non-hydrogen) atoms. The Balaban J connectivity index is 3.03. The first-order chi connectivity index (χ1) is 9.36. The number of aromatic nitrogens is 2. The van der Waals surface area contributed by atoms with Crippen LogP contribution >= 0.6 is 11.8 Å². The van der Waals surface area contributed by atoms with Crippen molar-refractivity contribution in [1.29, 1.82) is 0 Å². The van der Waals surface area contributed by atoms with Gasteiger partial charge in [-0.1, -0.05) is 17.7 Å². The summed E-state index contributed by atoms with van der Waals surface area (Å²) in [6.45, 7) is 3.11. The number of nitrogens with one attached hydrogen (secondary N) is 2. The van der Waals surface area contributed by atoms with Gasteiger partial charge in [-0.15, -0.1) is 6.42 Å². The van der Waals surface area contributed by atoms with E-state index in [4.69, 9.17) is 11.5 Å². The zero-order valence-corrected chi connectivity index (χ0v) is 11.7. The van der Waals surface area contributed by atoms with Gasteiger partial charge in [0.25, 0.3) is 0 Å². The molecule has 0 saturated carbocycles. The molecule has 0 radical (unpaired) electrons. The minimum atomic E-state index is -1.22. The summed E-state index contributed by atoms with van der Waals surface area (Å²) in [6, 6.07) is 0. The standard InChI is InChI=1S/C12H13N3O4S/c1-4-5-13-9(16)7(3)20-10-8(11(17)18)6(2)14-12(19)15-10/h1,7H,5H2,2-3H3,(H,13,16)(H,17,18)(H,14,15,19). The van der Waals surface area contributed by atoms with Crippen LogP contribution in [0.5, 0.6) is 0 Å². The molecule has 8 heteroatoms. The molecule has 1 heterocycles. The molecule has 0 aliphatic carbocycles. The number of rotatable bonds is 5. The minimum Gasteiger partial charge on any atom is -0.478 e. The van der Waals surface area contributed by atoms with Gasteiger partial charge < -0.3 is 15.4 Å². The monoisotopic (exact) mass is 295 g/mol. The third-order valence-corrected chi connectivity index (χ3v) is 3.41. The van der Waals surface area contributed by atoms with Crippen LogP contribution in [-0.4, -0.2) is 38.7 Å². The number of aryl methyl sites for hydroxylation is 1. The molecule has 0 aromatic carbocycles. The normalized spacial score (nSPS) is 11.4. The number of amides is 1. The Morgan fingerprint density at radius 2 is 2.25 bits per heavy atom. The Labute approximate surface area is 119 Å². The van der Waals surface area contributed by atoms with E-state index in [1.807, 2.05) is 0 Å². The summed E-state index contributed by atoms with van der Waals surface area (Å²) in [5.41, 5.74) is -0.589. The molecular formula is C12H13N3O4S. The molecular weight excluding hydrogens is 282 g/mol. The lowest BCUT2D eigenvalue weighted by Crippen LogP contribution is -2.31. The van der Waals surface area contributed by atoms with Gasteiger partial charge in [0.1, 0.15) is 10.6 Å². The Kier molecular flexibility index (Phi) is 5.34. The van der Waals surface area contributed by atoms with E-state index in [2.05, 4.69) is 21.2 Å². The fraction of sp³-hybridized carbons (Fsp3) is 0.333. The summed E-state index contributed by atoms with van der Waals surface area (Å²) in [7, 11) is 0. The van der Waals surface area contributed by atoms with Crippen LogP contribution < -0.4 is 11.0 Å². The molecule has 0 saturated heterocycles. The van der Waals surface area contributed by atoms with Crippen LogP contribution in [0.1, 0.15) is 23.0 Å². The second-order valence-corrected chi connectivity index (χ2v) is 5.16. The van der Waals surface area contributed by atoms with Crippen molar-refractivity contribution in [2.24, 2.45) is 0 Å². The van der Waals surface area contributed by atoms with Crippen molar-refractivity contribution in [2.45, 2.75) is 24.1 Å². The molecule has 106 valence electrons. The second-order valence-electron chi connectivity index (χ2n) is 3.83. The van der Waals surface area contributed by atoms with Gasteiger partial charge in [-0.3, -0.25) is 4.79 Å². The number of hydrogen-bond donors (Lipinski definition) is 3. The van der Waals surface area contributed by atoms with E-state index in [1.165, 1.54) is 6.92 Å². The first-order valence-electron chi connectivity index (χ1n) is 5.58. The van der Waals surface area contributed by atoms with Gasteiger partial charge in [0.2, 0.25) is 5.91 Å². The van der Waals surface area contributed by atoms with Crippen molar-refractivity contribution in [2.75, 3.05) is 6.54 Å². The zero-order chi connectivity index (χ0) is 15.3. The zero-order valence-electron chi connectivity index (χ0n) is 10.9. The third kappa shape index (κ3) is 3.86. The van der Waals surface area contributed by atoms with Gasteiger partial charge in [-0.05, 0) is 13.8 Å². The number of carbonyl (C=O) groups is 2. The van der Waals surface area contributed by atoms with Gasteiger partial charge >= 0.3 is 11.7 Å². The molecule has 1 amide bonds. The van der Waals surface area contributed by atoms with Crippen molar-refractivity contribution in [3.05, 3.63) is 21.7 Å². The molecule has 0 aliphatic rings. The van der Waals surface area contributed by atoms with Crippen LogP contribution in [-0.2, 0) is 4.79 Å². The summed E-state index contributed by atoms with van der Waals surface area (Å²) in [5.74, 6) is 0.684. The Hall–Kier alpha value is -2.27. The maximum Gasteiger partial charge on any atom is 0.346 e. The van der Waals surface area contributed by atoms with Crippen LogP contribution in [0, 0.1) is 19.3 Å². The van der Waals surface area contributed by atoms with Gasteiger partial charge in [0, 0.05) is 5.69 Å². The summed E-state index contributed by atoms with van der Waals surface area (Å²) in [6.07, 6.45) is 5.03. The molecule has 7 nitrogen and oxygen atoms in total. The van der Waals surface area contributed by atoms with Crippen molar-refractivity contribution < 1.29 is 14.7 Å². The topological polar surface area (TPSA) is 112 Å². The van der Waals surface area contributed by atoms with Crippen LogP contribution in [0.4, 0.5) is 0 Å². The highest BCUT2D eigenvalue weighted by Crippen LogP contribution is 2.25. The van der Waals surface area contributed by atoms with E-state index in [1.54, 1.807) is 6.92 Å². The van der Waals surface area contributed by atoms with Crippen LogP contribution in [0.3, 0.4) is 0 Å². The number of carboxylic acid groups (broad SMARTS) is 1. The molecule has 3 N–H and O–H groups in total. The first-order valence-corrected chi connectivity index (χ1v) is 6.46. The quantitative estimate of drug-likeness (QED) is 0.401. The van der Waals surface area contributed by atoms with Crippen LogP contribution in [0.25, 0.3) is 0 Å². The molecule has 1 atom stereocenters. The lowest BCUT2D eigenvalue weighted by molar-refractivity contribution is -0.120. The Bertz CT molecular complexity index is 633. The lowest BCUT2D eigenvalue weighted by Gasteiger charge is -2.12. The molecule has 1 rings (SSSR count). The average molecular weight is 295 g/mol. The third-order valence-electron chi connectivity index (χ3n) is 2.32. The lowest BCUT2D eigenvalue weighted by atomic mass is 10.2. The number of thioether (sulfide) groups is 1. The molecule has 0 spiro atoms. The van der Waals surface area contributed by atoms with Crippen molar-refractivity contribution >= 4 is 23.6 Å². The maximum absolute atomic E-state index is 11.7. The van der Waals surface area contributed by atoms with Crippen molar-refractivity contribution in [3.8, 4) is 12.3 Å². The first kappa shape index (κ1) is 15.8. The van der Waals surface area contributed by atoms with Crippen molar-refractivity contribution in [1.82, 2.24) is 15.3 Å². The fourth-order valence-electron chi connectivity index (χ4n) is 1.40. The van der Waals surface area contributed by atoms with E-state index in [9.17, 15) is 14.4 Å². The smallest absolute Gasteiger partial charge is 0.346 e. The second kappa shape index (κ2) is 6.77. The van der Waals surface area contributed by atoms with Crippen LogP contribution in [0.2, 0.25) is 0 Å². The highest BCUT2D eigenvalue weighted by molar-refractivity contribution is 8.00. The number of carboxylic acids is 1. The summed E-state index contributed by atoms with van der Waals surface area (Å²) >= 11 is 0.893. The summed E-state index contributed by atoms with van der Waals surface area (Å²) < 4.78 is 0. The van der Waals surface area contributed by atoms with E-state index >= 15 is 0 Å². The summed E-state index contributed by atoms with van der Waals surface area (Å²) in [5, 5.41) is 11.0. The number of carbonyl (C=O) groups excluding carboxylic acids is 1. The predicted octanol–water partition coefficient (Wildman–Crippen LogP) is 0.00652. The minimum absolute atomic E-state index is 0.00195.